The van der Waals surface area contributed by atoms with E-state index in [2.05, 4.69) is 0 Å². The SMILES string of the molecule is O=[N+]([O-])c1ccc(Oc2cc(Cl)c(Cl)c(Cl)c2)cc1. The van der Waals surface area contributed by atoms with Crippen LogP contribution in [0.3, 0.4) is 0 Å². The Morgan fingerprint density at radius 1 is 0.947 bits per heavy atom. The Bertz CT molecular complexity index is 606. The first kappa shape index (κ1) is 13.9. The quantitative estimate of drug-likeness (QED) is 0.435. The van der Waals surface area contributed by atoms with Crippen molar-refractivity contribution in [3.05, 3.63) is 61.6 Å². The molecule has 2 aromatic carbocycles. The molecule has 0 aromatic heterocycles. The number of benzene rings is 2. The van der Waals surface area contributed by atoms with Crippen LogP contribution in [0.15, 0.2) is 36.4 Å². The summed E-state index contributed by atoms with van der Waals surface area (Å²) in [6.07, 6.45) is 0. The molecule has 98 valence electrons. The van der Waals surface area contributed by atoms with Gasteiger partial charge in [0.15, 0.2) is 0 Å². The van der Waals surface area contributed by atoms with Crippen LogP contribution in [-0.4, -0.2) is 4.92 Å². The zero-order chi connectivity index (χ0) is 14.0. The van der Waals surface area contributed by atoms with Crippen LogP contribution >= 0.6 is 34.8 Å². The number of nitro groups is 1. The Kier molecular flexibility index (Phi) is 4.14. The summed E-state index contributed by atoms with van der Waals surface area (Å²) in [6.45, 7) is 0. The number of ether oxygens (including phenoxy) is 1. The van der Waals surface area contributed by atoms with E-state index in [4.69, 9.17) is 39.5 Å². The van der Waals surface area contributed by atoms with Crippen LogP contribution < -0.4 is 4.74 Å². The van der Waals surface area contributed by atoms with Crippen molar-refractivity contribution in [2.24, 2.45) is 0 Å². The van der Waals surface area contributed by atoms with E-state index in [1.165, 1.54) is 36.4 Å². The Morgan fingerprint density at radius 3 is 1.95 bits per heavy atom. The van der Waals surface area contributed by atoms with E-state index in [1.54, 1.807) is 0 Å². The third kappa shape index (κ3) is 3.29. The molecule has 2 aromatic rings. The molecule has 4 nitrogen and oxygen atoms in total. The summed E-state index contributed by atoms with van der Waals surface area (Å²) in [5.41, 5.74) is -0.0143. The fourth-order valence-corrected chi connectivity index (χ4v) is 1.94. The first-order valence-corrected chi connectivity index (χ1v) is 6.17. The van der Waals surface area contributed by atoms with E-state index < -0.39 is 4.92 Å². The van der Waals surface area contributed by atoms with Crippen molar-refractivity contribution < 1.29 is 9.66 Å². The van der Waals surface area contributed by atoms with Gasteiger partial charge < -0.3 is 4.74 Å². The van der Waals surface area contributed by atoms with Crippen LogP contribution in [0.2, 0.25) is 15.1 Å². The largest absolute Gasteiger partial charge is 0.457 e. The molecular formula is C12H6Cl3NO3. The Morgan fingerprint density at radius 2 is 1.47 bits per heavy atom. The number of hydrogen-bond acceptors (Lipinski definition) is 3. The van der Waals surface area contributed by atoms with Crippen molar-refractivity contribution >= 4 is 40.5 Å². The molecule has 0 unspecified atom stereocenters. The van der Waals surface area contributed by atoms with E-state index in [0.29, 0.717) is 11.5 Å². The Labute approximate surface area is 123 Å². The molecule has 0 spiro atoms. The summed E-state index contributed by atoms with van der Waals surface area (Å²) in [7, 11) is 0. The summed E-state index contributed by atoms with van der Waals surface area (Å²) >= 11 is 17.5. The van der Waals surface area contributed by atoms with Gasteiger partial charge in [0.1, 0.15) is 11.5 Å². The van der Waals surface area contributed by atoms with Gasteiger partial charge in [-0.25, -0.2) is 0 Å². The lowest BCUT2D eigenvalue weighted by Crippen LogP contribution is -1.88. The molecule has 0 heterocycles. The molecule has 19 heavy (non-hydrogen) atoms. The molecule has 2 rings (SSSR count). The van der Waals surface area contributed by atoms with Crippen LogP contribution in [0.25, 0.3) is 0 Å². The van der Waals surface area contributed by atoms with Gasteiger partial charge >= 0.3 is 0 Å². The molecule has 0 aliphatic rings. The molecule has 0 fully saturated rings. The summed E-state index contributed by atoms with van der Waals surface area (Å²) in [4.78, 5) is 10.0. The maximum atomic E-state index is 10.5. The van der Waals surface area contributed by atoms with E-state index in [0.717, 1.165) is 0 Å². The minimum atomic E-state index is -0.486. The molecule has 7 heteroatoms. The number of hydrogen-bond donors (Lipinski definition) is 0. The lowest BCUT2D eigenvalue weighted by Gasteiger charge is -2.07. The van der Waals surface area contributed by atoms with Gasteiger partial charge in [-0.3, -0.25) is 10.1 Å². The van der Waals surface area contributed by atoms with Gasteiger partial charge in [-0.15, -0.1) is 0 Å². The third-order valence-corrected chi connectivity index (χ3v) is 3.44. The number of rotatable bonds is 3. The molecule has 0 aliphatic carbocycles. The molecule has 0 saturated heterocycles. The average Bonchev–Trinajstić information content (AvgIpc) is 2.36. The van der Waals surface area contributed by atoms with Crippen molar-refractivity contribution in [2.75, 3.05) is 0 Å². The van der Waals surface area contributed by atoms with Crippen LogP contribution in [0.1, 0.15) is 0 Å². The Balaban J connectivity index is 2.24. The first-order chi connectivity index (χ1) is 8.97. The molecule has 0 atom stereocenters. The highest BCUT2D eigenvalue weighted by Gasteiger charge is 2.09. The van der Waals surface area contributed by atoms with Crippen LogP contribution in [0.5, 0.6) is 11.5 Å². The van der Waals surface area contributed by atoms with Crippen molar-refractivity contribution in [1.82, 2.24) is 0 Å². The minimum absolute atomic E-state index is 0.0143. The highest BCUT2D eigenvalue weighted by atomic mass is 35.5. The maximum Gasteiger partial charge on any atom is 0.269 e. The molecule has 0 bridgehead atoms. The summed E-state index contributed by atoms with van der Waals surface area (Å²) in [5, 5.41) is 11.3. The molecule has 0 saturated carbocycles. The van der Waals surface area contributed by atoms with Gasteiger partial charge in [-0.1, -0.05) is 34.8 Å². The lowest BCUT2D eigenvalue weighted by molar-refractivity contribution is -0.384. The van der Waals surface area contributed by atoms with E-state index in [-0.39, 0.29) is 20.8 Å². The van der Waals surface area contributed by atoms with Gasteiger partial charge in [0.25, 0.3) is 5.69 Å². The average molecular weight is 319 g/mol. The first-order valence-electron chi connectivity index (χ1n) is 5.04. The number of non-ortho nitro benzene ring substituents is 1. The second kappa shape index (κ2) is 5.65. The predicted molar refractivity (Wildman–Crippen MR) is 74.6 cm³/mol. The molecule has 0 N–H and O–H groups in total. The smallest absolute Gasteiger partial charge is 0.269 e. The fourth-order valence-electron chi connectivity index (χ4n) is 1.36. The van der Waals surface area contributed by atoms with Crippen molar-refractivity contribution in [3.8, 4) is 11.5 Å². The van der Waals surface area contributed by atoms with Crippen molar-refractivity contribution in [3.63, 3.8) is 0 Å². The molecule has 0 aliphatic heterocycles. The maximum absolute atomic E-state index is 10.5. The lowest BCUT2D eigenvalue weighted by atomic mass is 10.3. The van der Waals surface area contributed by atoms with Crippen LogP contribution in [0, 0.1) is 10.1 Å². The normalized spacial score (nSPS) is 10.3. The summed E-state index contributed by atoms with van der Waals surface area (Å²) < 4.78 is 5.48. The van der Waals surface area contributed by atoms with Crippen molar-refractivity contribution in [2.45, 2.75) is 0 Å². The van der Waals surface area contributed by atoms with E-state index in [1.807, 2.05) is 0 Å². The number of nitrogens with zero attached hydrogens (tertiary/aromatic N) is 1. The van der Waals surface area contributed by atoms with Crippen molar-refractivity contribution in [1.29, 1.82) is 0 Å². The highest BCUT2D eigenvalue weighted by Crippen LogP contribution is 2.36. The summed E-state index contributed by atoms with van der Waals surface area (Å²) in [6, 6.07) is 8.67. The van der Waals surface area contributed by atoms with Gasteiger partial charge in [0, 0.05) is 24.3 Å². The van der Waals surface area contributed by atoms with E-state index >= 15 is 0 Å². The monoisotopic (exact) mass is 317 g/mol. The molecular weight excluding hydrogens is 312 g/mol. The summed E-state index contributed by atoms with van der Waals surface area (Å²) in [5.74, 6) is 0.827. The van der Waals surface area contributed by atoms with E-state index in [9.17, 15) is 10.1 Å². The van der Waals surface area contributed by atoms with Gasteiger partial charge in [-0.05, 0) is 12.1 Å². The van der Waals surface area contributed by atoms with Crippen LogP contribution in [0.4, 0.5) is 5.69 Å². The van der Waals surface area contributed by atoms with Gasteiger partial charge in [0.2, 0.25) is 0 Å². The third-order valence-electron chi connectivity index (χ3n) is 2.24. The van der Waals surface area contributed by atoms with Gasteiger partial charge in [-0.2, -0.15) is 0 Å². The molecule has 0 radical (unpaired) electrons. The second-order valence-corrected chi connectivity index (χ2v) is 4.75. The minimum Gasteiger partial charge on any atom is -0.457 e. The number of nitro benzene ring substituents is 1. The number of halogens is 3. The Hall–Kier alpha value is -1.49. The second-order valence-electron chi connectivity index (χ2n) is 3.55. The van der Waals surface area contributed by atoms with Crippen LogP contribution in [-0.2, 0) is 0 Å². The molecule has 0 amide bonds. The predicted octanol–water partition coefficient (Wildman–Crippen LogP) is 5.35. The zero-order valence-electron chi connectivity index (χ0n) is 9.27. The topological polar surface area (TPSA) is 52.4 Å². The van der Waals surface area contributed by atoms with Gasteiger partial charge in [0.05, 0.1) is 20.0 Å². The standard InChI is InChI=1S/C12H6Cl3NO3/c13-10-5-9(6-11(14)12(10)15)19-8-3-1-7(2-4-8)16(17)18/h1-6H. The fraction of sp³-hybridized carbons (Fsp3) is 0. The highest BCUT2D eigenvalue weighted by molar-refractivity contribution is 6.48. The zero-order valence-corrected chi connectivity index (χ0v) is 11.5.